The van der Waals surface area contributed by atoms with Crippen LogP contribution in [0.5, 0.6) is 5.75 Å². The monoisotopic (exact) mass is 349 g/mol. The molecule has 0 aliphatic rings. The van der Waals surface area contributed by atoms with Crippen molar-refractivity contribution in [3.05, 3.63) is 81.5 Å². The van der Waals surface area contributed by atoms with Gasteiger partial charge in [-0.05, 0) is 41.8 Å². The third-order valence-corrected chi connectivity index (χ3v) is 4.43. The highest BCUT2D eigenvalue weighted by atomic mass is 32.1. The molecule has 3 heterocycles. The Bertz CT molecular complexity index is 1100. The zero-order chi connectivity index (χ0) is 17.2. The van der Waals surface area contributed by atoms with Crippen LogP contribution < -0.4 is 10.4 Å². The molecule has 0 atom stereocenters. The van der Waals surface area contributed by atoms with Gasteiger partial charge >= 0.3 is 11.6 Å². The van der Waals surface area contributed by atoms with Gasteiger partial charge in [0, 0.05) is 17.6 Å². The first-order valence-corrected chi connectivity index (χ1v) is 8.34. The van der Waals surface area contributed by atoms with Gasteiger partial charge in [0.15, 0.2) is 0 Å². The molecular formula is C19H11NO4S. The van der Waals surface area contributed by atoms with Crippen LogP contribution in [0.2, 0.25) is 0 Å². The van der Waals surface area contributed by atoms with E-state index >= 15 is 0 Å². The molecule has 0 saturated heterocycles. The van der Waals surface area contributed by atoms with Gasteiger partial charge in [0.1, 0.15) is 16.2 Å². The van der Waals surface area contributed by atoms with Gasteiger partial charge in [-0.2, -0.15) is 0 Å². The number of pyridine rings is 1. The van der Waals surface area contributed by atoms with Crippen LogP contribution in [0.15, 0.2) is 75.4 Å². The minimum Gasteiger partial charge on any atom is -0.422 e. The van der Waals surface area contributed by atoms with E-state index in [2.05, 4.69) is 4.98 Å². The first-order chi connectivity index (χ1) is 12.2. The molecule has 0 N–H and O–H groups in total. The molecule has 0 unspecified atom stereocenters. The van der Waals surface area contributed by atoms with E-state index in [0.717, 1.165) is 5.39 Å². The summed E-state index contributed by atoms with van der Waals surface area (Å²) in [5, 5.41) is 2.52. The fourth-order valence-electron chi connectivity index (χ4n) is 2.41. The summed E-state index contributed by atoms with van der Waals surface area (Å²) in [6, 6.07) is 15.4. The molecule has 0 amide bonds. The molecule has 0 bridgehead atoms. The summed E-state index contributed by atoms with van der Waals surface area (Å²) in [6.07, 6.45) is 1.62. The fourth-order valence-corrected chi connectivity index (χ4v) is 3.01. The summed E-state index contributed by atoms with van der Waals surface area (Å²) in [4.78, 5) is 28.9. The molecule has 0 aliphatic carbocycles. The number of hydrogen-bond acceptors (Lipinski definition) is 6. The van der Waals surface area contributed by atoms with Crippen LogP contribution in [0.4, 0.5) is 0 Å². The van der Waals surface area contributed by atoms with Gasteiger partial charge in [-0.25, -0.2) is 9.59 Å². The number of rotatable bonds is 3. The molecule has 5 nitrogen and oxygen atoms in total. The van der Waals surface area contributed by atoms with E-state index in [-0.39, 0.29) is 0 Å². The molecule has 6 heteroatoms. The van der Waals surface area contributed by atoms with Gasteiger partial charge in [0.25, 0.3) is 0 Å². The third kappa shape index (κ3) is 3.07. The number of thiophene rings is 1. The van der Waals surface area contributed by atoms with Crippen LogP contribution in [-0.4, -0.2) is 11.0 Å². The summed E-state index contributed by atoms with van der Waals surface area (Å²) in [6.45, 7) is 0. The van der Waals surface area contributed by atoms with Crippen LogP contribution in [0.3, 0.4) is 0 Å². The summed E-state index contributed by atoms with van der Waals surface area (Å²) in [5.41, 5.74) is 0.789. The van der Waals surface area contributed by atoms with Gasteiger partial charge in [0.05, 0.1) is 11.3 Å². The molecule has 4 rings (SSSR count). The molecule has 0 saturated carbocycles. The Morgan fingerprint density at radius 2 is 2.00 bits per heavy atom. The molecule has 122 valence electrons. The predicted molar refractivity (Wildman–Crippen MR) is 95.0 cm³/mol. The number of carbonyl (C=O) groups excluding carboxylic acids is 1. The lowest BCUT2D eigenvalue weighted by atomic mass is 10.1. The standard InChI is InChI=1S/C19H11NO4S/c21-18-14(15-4-1-2-8-20-15)10-12-6-7-13(11-16(12)24-18)23-19(22)17-5-3-9-25-17/h1-11H. The van der Waals surface area contributed by atoms with Gasteiger partial charge < -0.3 is 9.15 Å². The molecule has 3 aromatic heterocycles. The number of fused-ring (bicyclic) bond motifs is 1. The van der Waals surface area contributed by atoms with Gasteiger partial charge in [-0.1, -0.05) is 12.1 Å². The highest BCUT2D eigenvalue weighted by molar-refractivity contribution is 7.12. The Kier molecular flexibility index (Phi) is 3.87. The highest BCUT2D eigenvalue weighted by Crippen LogP contribution is 2.24. The Hall–Kier alpha value is -3.25. The molecule has 1 aromatic carbocycles. The van der Waals surface area contributed by atoms with Crippen LogP contribution in [0.1, 0.15) is 9.67 Å². The topological polar surface area (TPSA) is 69.4 Å². The lowest BCUT2D eigenvalue weighted by Crippen LogP contribution is -2.07. The van der Waals surface area contributed by atoms with E-state index in [1.54, 1.807) is 60.1 Å². The van der Waals surface area contributed by atoms with Crippen LogP contribution in [-0.2, 0) is 0 Å². The zero-order valence-electron chi connectivity index (χ0n) is 12.8. The summed E-state index contributed by atoms with van der Waals surface area (Å²) < 4.78 is 10.7. The average Bonchev–Trinajstić information content (AvgIpc) is 3.16. The van der Waals surface area contributed by atoms with Crippen molar-refractivity contribution in [2.24, 2.45) is 0 Å². The lowest BCUT2D eigenvalue weighted by Gasteiger charge is -2.05. The number of carbonyl (C=O) groups is 1. The minimum atomic E-state index is -0.493. The molecule has 0 aliphatic heterocycles. The summed E-state index contributed by atoms with van der Waals surface area (Å²) in [5.74, 6) is -0.124. The van der Waals surface area contributed by atoms with E-state index < -0.39 is 11.6 Å². The number of esters is 1. The maximum atomic E-state index is 12.2. The number of nitrogens with zero attached hydrogens (tertiary/aromatic N) is 1. The van der Waals surface area contributed by atoms with Crippen molar-refractivity contribution in [2.75, 3.05) is 0 Å². The third-order valence-electron chi connectivity index (χ3n) is 3.58. The Morgan fingerprint density at radius 3 is 2.76 bits per heavy atom. The second kappa shape index (κ2) is 6.33. The van der Waals surface area contributed by atoms with Gasteiger partial charge in [-0.15, -0.1) is 11.3 Å². The molecule has 4 aromatic rings. The van der Waals surface area contributed by atoms with E-state index in [1.165, 1.54) is 17.4 Å². The molecule has 0 radical (unpaired) electrons. The van der Waals surface area contributed by atoms with Crippen molar-refractivity contribution < 1.29 is 13.9 Å². The Labute approximate surface area is 146 Å². The van der Waals surface area contributed by atoms with E-state index in [0.29, 0.717) is 27.5 Å². The fraction of sp³-hybridized carbons (Fsp3) is 0. The SMILES string of the molecule is O=C(Oc1ccc2cc(-c3ccccn3)c(=O)oc2c1)c1cccs1. The van der Waals surface area contributed by atoms with Gasteiger partial charge in [-0.3, -0.25) is 4.98 Å². The second-order valence-electron chi connectivity index (χ2n) is 5.23. The van der Waals surface area contributed by atoms with Crippen LogP contribution >= 0.6 is 11.3 Å². The Morgan fingerprint density at radius 1 is 1.08 bits per heavy atom. The molecule has 25 heavy (non-hydrogen) atoms. The van der Waals surface area contributed by atoms with E-state index in [9.17, 15) is 9.59 Å². The predicted octanol–water partition coefficient (Wildman–Crippen LogP) is 4.14. The molecular weight excluding hydrogens is 338 g/mol. The second-order valence-corrected chi connectivity index (χ2v) is 6.18. The minimum absolute atomic E-state index is 0.319. The number of benzene rings is 1. The summed E-state index contributed by atoms with van der Waals surface area (Å²) >= 11 is 1.30. The number of hydrogen-bond donors (Lipinski definition) is 0. The first-order valence-electron chi connectivity index (χ1n) is 7.46. The van der Waals surface area contributed by atoms with Crippen molar-refractivity contribution in [1.29, 1.82) is 0 Å². The number of ether oxygens (including phenoxy) is 1. The maximum absolute atomic E-state index is 12.2. The smallest absolute Gasteiger partial charge is 0.353 e. The van der Waals surface area contributed by atoms with Crippen molar-refractivity contribution in [3.8, 4) is 17.0 Å². The van der Waals surface area contributed by atoms with Crippen molar-refractivity contribution in [2.45, 2.75) is 0 Å². The van der Waals surface area contributed by atoms with Crippen molar-refractivity contribution in [1.82, 2.24) is 4.98 Å². The van der Waals surface area contributed by atoms with Crippen LogP contribution in [0.25, 0.3) is 22.2 Å². The molecule has 0 spiro atoms. The van der Waals surface area contributed by atoms with Gasteiger partial charge in [0.2, 0.25) is 0 Å². The van der Waals surface area contributed by atoms with E-state index in [1.807, 2.05) is 0 Å². The summed E-state index contributed by atoms with van der Waals surface area (Å²) in [7, 11) is 0. The molecule has 0 fully saturated rings. The van der Waals surface area contributed by atoms with Crippen molar-refractivity contribution in [3.63, 3.8) is 0 Å². The maximum Gasteiger partial charge on any atom is 0.353 e. The normalized spacial score (nSPS) is 10.7. The van der Waals surface area contributed by atoms with Crippen molar-refractivity contribution >= 4 is 28.3 Å². The largest absolute Gasteiger partial charge is 0.422 e. The lowest BCUT2D eigenvalue weighted by molar-refractivity contribution is 0.0740. The Balaban J connectivity index is 1.70. The van der Waals surface area contributed by atoms with E-state index in [4.69, 9.17) is 9.15 Å². The zero-order valence-corrected chi connectivity index (χ0v) is 13.7. The average molecular weight is 349 g/mol. The highest BCUT2D eigenvalue weighted by Gasteiger charge is 2.12. The van der Waals surface area contributed by atoms with Crippen LogP contribution in [0, 0.1) is 0 Å². The number of aromatic nitrogens is 1. The quantitative estimate of drug-likeness (QED) is 0.316. The first kappa shape index (κ1) is 15.3.